The molecule has 0 saturated carbocycles. The Labute approximate surface area is 230 Å². The van der Waals surface area contributed by atoms with E-state index >= 15 is 0 Å². The van der Waals surface area contributed by atoms with Gasteiger partial charge in [-0.2, -0.15) is 13.2 Å². The van der Waals surface area contributed by atoms with Crippen molar-refractivity contribution in [3.05, 3.63) is 105 Å². The van der Waals surface area contributed by atoms with Crippen LogP contribution >= 0.6 is 23.2 Å². The Bertz CT molecular complexity index is 1400. The Hall–Kier alpha value is -3.34. The molecule has 5 rings (SSSR count). The van der Waals surface area contributed by atoms with E-state index in [0.717, 1.165) is 17.7 Å². The van der Waals surface area contributed by atoms with E-state index in [-0.39, 0.29) is 25.4 Å². The molecule has 1 atom stereocenters. The standard InChI is InChI=1S/C27H20Cl2F4N2O4/c28-20-10-19(11-21(29)23(20)30)26(27(31,32)33)12-22(34-39-26)17-6-8-18(9-7-17)25(37)14-35(15-25)24(36)38-13-16-4-2-1-3-5-16/h1-11,37H,12-15H2/t26-/m0/s1. The zero-order valence-corrected chi connectivity index (χ0v) is 21.5. The minimum atomic E-state index is -4.93. The van der Waals surface area contributed by atoms with Crippen molar-refractivity contribution in [2.24, 2.45) is 5.16 Å². The fraction of sp³-hybridized carbons (Fsp3) is 0.259. The van der Waals surface area contributed by atoms with Crippen molar-refractivity contribution in [1.29, 1.82) is 0 Å². The molecule has 1 fully saturated rings. The third-order valence-corrected chi connectivity index (χ3v) is 7.31. The smallest absolute Gasteiger partial charge is 0.435 e. The number of amides is 1. The number of carbonyl (C=O) groups is 1. The summed E-state index contributed by atoms with van der Waals surface area (Å²) < 4.78 is 61.8. The van der Waals surface area contributed by atoms with Gasteiger partial charge in [-0.1, -0.05) is 83.0 Å². The van der Waals surface area contributed by atoms with Gasteiger partial charge in [-0.3, -0.25) is 0 Å². The number of nitrogens with zero attached hydrogens (tertiary/aromatic N) is 2. The average molecular weight is 583 g/mol. The SMILES string of the molecule is O=C(OCc1ccccc1)N1CC(O)(c2ccc(C3=NO[C@@](c4cc(Cl)c(F)c(Cl)c4)(C(F)(F)F)C3)cc2)C1. The van der Waals surface area contributed by atoms with Crippen molar-refractivity contribution in [1.82, 2.24) is 4.90 Å². The fourth-order valence-corrected chi connectivity index (χ4v) is 5.01. The van der Waals surface area contributed by atoms with Crippen molar-refractivity contribution in [3.8, 4) is 0 Å². The highest BCUT2D eigenvalue weighted by atomic mass is 35.5. The molecule has 3 aromatic rings. The summed E-state index contributed by atoms with van der Waals surface area (Å²) in [6.45, 7) is 0.0871. The van der Waals surface area contributed by atoms with Gasteiger partial charge in [0.15, 0.2) is 5.82 Å². The molecule has 1 saturated heterocycles. The highest BCUT2D eigenvalue weighted by Crippen LogP contribution is 2.50. The highest BCUT2D eigenvalue weighted by molar-refractivity contribution is 6.35. The van der Waals surface area contributed by atoms with Crippen molar-refractivity contribution < 1.29 is 37.0 Å². The number of ether oxygens (including phenoxy) is 1. The Balaban J connectivity index is 1.26. The number of oxime groups is 1. The van der Waals surface area contributed by atoms with Crippen LogP contribution in [0.25, 0.3) is 0 Å². The number of likely N-dealkylation sites (tertiary alicyclic amines) is 1. The van der Waals surface area contributed by atoms with Crippen LogP contribution in [0, 0.1) is 5.82 Å². The zero-order valence-electron chi connectivity index (χ0n) is 20.0. The molecule has 12 heteroatoms. The molecule has 0 bridgehead atoms. The maximum absolute atomic E-state index is 14.2. The molecule has 0 spiro atoms. The maximum atomic E-state index is 14.2. The van der Waals surface area contributed by atoms with Crippen molar-refractivity contribution in [2.75, 3.05) is 13.1 Å². The minimum absolute atomic E-state index is 0.00665. The molecular formula is C27H20Cl2F4N2O4. The lowest BCUT2D eigenvalue weighted by molar-refractivity contribution is -0.275. The van der Waals surface area contributed by atoms with Crippen molar-refractivity contribution >= 4 is 35.0 Å². The van der Waals surface area contributed by atoms with Gasteiger partial charge in [0.25, 0.3) is 5.60 Å². The quantitative estimate of drug-likeness (QED) is 0.273. The summed E-state index contributed by atoms with van der Waals surface area (Å²) in [4.78, 5) is 18.6. The number of benzene rings is 3. The molecule has 0 radical (unpaired) electrons. The van der Waals surface area contributed by atoms with E-state index in [4.69, 9.17) is 32.8 Å². The van der Waals surface area contributed by atoms with Gasteiger partial charge in [0, 0.05) is 12.0 Å². The van der Waals surface area contributed by atoms with Crippen LogP contribution in [0.1, 0.15) is 28.7 Å². The van der Waals surface area contributed by atoms with Crippen LogP contribution in [0.2, 0.25) is 10.0 Å². The summed E-state index contributed by atoms with van der Waals surface area (Å²) in [5, 5.41) is 13.5. The minimum Gasteiger partial charge on any atom is -0.445 e. The molecular weight excluding hydrogens is 563 g/mol. The van der Waals surface area contributed by atoms with Crippen LogP contribution in [0.15, 0.2) is 71.9 Å². The summed E-state index contributed by atoms with van der Waals surface area (Å²) in [6, 6.07) is 16.9. The number of aliphatic hydroxyl groups is 1. The molecule has 2 aliphatic heterocycles. The Morgan fingerprint density at radius 2 is 1.64 bits per heavy atom. The number of hydrogen-bond donors (Lipinski definition) is 1. The van der Waals surface area contributed by atoms with Crippen LogP contribution in [-0.4, -0.2) is 41.1 Å². The summed E-state index contributed by atoms with van der Waals surface area (Å²) in [6.07, 6.45) is -6.20. The Morgan fingerprint density at radius 3 is 2.23 bits per heavy atom. The Morgan fingerprint density at radius 1 is 1.03 bits per heavy atom. The second kappa shape index (κ2) is 10.0. The maximum Gasteiger partial charge on any atom is 0.435 e. The van der Waals surface area contributed by atoms with Gasteiger partial charge < -0.3 is 19.6 Å². The predicted molar refractivity (Wildman–Crippen MR) is 135 cm³/mol. The van der Waals surface area contributed by atoms with E-state index in [0.29, 0.717) is 11.1 Å². The molecule has 0 unspecified atom stereocenters. The lowest BCUT2D eigenvalue weighted by atomic mass is 9.84. The molecule has 0 aromatic heterocycles. The van der Waals surface area contributed by atoms with Crippen molar-refractivity contribution in [2.45, 2.75) is 30.4 Å². The summed E-state index contributed by atoms with van der Waals surface area (Å²) in [7, 11) is 0. The topological polar surface area (TPSA) is 71.4 Å². The molecule has 6 nitrogen and oxygen atoms in total. The number of halogens is 6. The summed E-state index contributed by atoms with van der Waals surface area (Å²) in [5.74, 6) is -1.04. The molecule has 2 heterocycles. The average Bonchev–Trinajstić information content (AvgIpc) is 3.36. The van der Waals surface area contributed by atoms with Gasteiger partial charge in [-0.05, 0) is 28.8 Å². The third kappa shape index (κ3) is 5.04. The second-order valence-corrected chi connectivity index (χ2v) is 10.2. The molecule has 3 aromatic carbocycles. The van der Waals surface area contributed by atoms with E-state index in [1.165, 1.54) is 17.0 Å². The van der Waals surface area contributed by atoms with E-state index < -0.39 is 51.3 Å². The zero-order chi connectivity index (χ0) is 28.0. The fourth-order valence-electron chi connectivity index (χ4n) is 4.53. The third-order valence-electron chi connectivity index (χ3n) is 6.76. The second-order valence-electron chi connectivity index (χ2n) is 9.39. The van der Waals surface area contributed by atoms with Gasteiger partial charge in [0.1, 0.15) is 12.2 Å². The molecule has 204 valence electrons. The molecule has 1 amide bonds. The number of carbonyl (C=O) groups excluding carboxylic acids is 1. The van der Waals surface area contributed by atoms with Gasteiger partial charge in [0.05, 0.1) is 28.8 Å². The van der Waals surface area contributed by atoms with Gasteiger partial charge in [0.2, 0.25) is 0 Å². The normalized spacial score (nSPS) is 20.2. The largest absolute Gasteiger partial charge is 0.445 e. The number of alkyl halides is 3. The van der Waals surface area contributed by atoms with Crippen LogP contribution in [0.4, 0.5) is 22.4 Å². The Kier molecular flexibility index (Phi) is 6.98. The first kappa shape index (κ1) is 27.2. The lowest BCUT2D eigenvalue weighted by Crippen LogP contribution is -2.61. The van der Waals surface area contributed by atoms with Gasteiger partial charge in [-0.15, -0.1) is 0 Å². The van der Waals surface area contributed by atoms with E-state index in [1.54, 1.807) is 12.1 Å². The predicted octanol–water partition coefficient (Wildman–Crippen LogP) is 6.55. The first-order valence-electron chi connectivity index (χ1n) is 11.7. The monoisotopic (exact) mass is 582 g/mol. The van der Waals surface area contributed by atoms with Crippen molar-refractivity contribution in [3.63, 3.8) is 0 Å². The van der Waals surface area contributed by atoms with Crippen LogP contribution < -0.4 is 0 Å². The number of β-amino-alcohol motifs (C(OH)–C–C–N with tert-alkyl or cyclic N) is 1. The lowest BCUT2D eigenvalue weighted by Gasteiger charge is -2.45. The van der Waals surface area contributed by atoms with E-state index in [9.17, 15) is 27.5 Å². The number of rotatable bonds is 5. The first-order chi connectivity index (χ1) is 18.4. The van der Waals surface area contributed by atoms with E-state index in [1.807, 2.05) is 30.3 Å². The highest BCUT2D eigenvalue weighted by Gasteiger charge is 2.62. The summed E-state index contributed by atoms with van der Waals surface area (Å²) in [5.41, 5.74) is -3.11. The van der Waals surface area contributed by atoms with Crippen LogP contribution in [0.3, 0.4) is 0 Å². The molecule has 2 aliphatic rings. The molecule has 39 heavy (non-hydrogen) atoms. The summed E-state index contributed by atoms with van der Waals surface area (Å²) >= 11 is 11.5. The van der Waals surface area contributed by atoms with E-state index in [2.05, 4.69) is 5.16 Å². The van der Waals surface area contributed by atoms with Crippen LogP contribution in [-0.2, 0) is 27.4 Å². The first-order valence-corrected chi connectivity index (χ1v) is 12.4. The number of hydrogen-bond acceptors (Lipinski definition) is 5. The van der Waals surface area contributed by atoms with Crippen LogP contribution in [0.5, 0.6) is 0 Å². The van der Waals surface area contributed by atoms with Gasteiger partial charge >= 0.3 is 12.3 Å². The molecule has 1 N–H and O–H groups in total. The molecule has 0 aliphatic carbocycles. The van der Waals surface area contributed by atoms with Gasteiger partial charge in [-0.25, -0.2) is 9.18 Å².